The van der Waals surface area contributed by atoms with E-state index in [0.29, 0.717) is 22.4 Å². The van der Waals surface area contributed by atoms with Crippen LogP contribution in [0.3, 0.4) is 0 Å². The summed E-state index contributed by atoms with van der Waals surface area (Å²) in [7, 11) is -3.76. The Bertz CT molecular complexity index is 931. The Morgan fingerprint density at radius 3 is 2.68 bits per heavy atom. The molecule has 0 unspecified atom stereocenters. The Kier molecular flexibility index (Phi) is 5.13. The van der Waals surface area contributed by atoms with E-state index in [-0.39, 0.29) is 16.1 Å². The highest BCUT2D eigenvalue weighted by Crippen LogP contribution is 2.40. The summed E-state index contributed by atoms with van der Waals surface area (Å²) in [6, 6.07) is 11.9. The predicted molar refractivity (Wildman–Crippen MR) is 105 cm³/mol. The Labute approximate surface area is 160 Å². The van der Waals surface area contributed by atoms with Gasteiger partial charge in [-0.15, -0.1) is 11.8 Å². The molecule has 1 aliphatic heterocycles. The molecule has 1 heterocycles. The van der Waals surface area contributed by atoms with Gasteiger partial charge in [0.25, 0.3) is 10.0 Å². The first-order valence-electron chi connectivity index (χ1n) is 7.64. The standard InChI is InChI=1S/C17H17BrN2O3S2/c1-11-10-20(12(2)21)16-9-13(7-8-17(16)24-11)25(22,23)19-15-6-4-3-5-14(15)18/h3-9,11,19H,10H2,1-2H3/t11-/m1/s1. The van der Waals surface area contributed by atoms with Crippen molar-refractivity contribution in [1.82, 2.24) is 0 Å². The molecule has 1 aliphatic rings. The van der Waals surface area contributed by atoms with Crippen LogP contribution in [-0.2, 0) is 14.8 Å². The van der Waals surface area contributed by atoms with Crippen molar-refractivity contribution >= 4 is 55.0 Å². The Morgan fingerprint density at radius 1 is 1.28 bits per heavy atom. The molecule has 2 aromatic rings. The van der Waals surface area contributed by atoms with Crippen molar-refractivity contribution in [3.05, 3.63) is 46.9 Å². The fourth-order valence-corrected chi connectivity index (χ4v) is 5.34. The minimum Gasteiger partial charge on any atom is -0.310 e. The number of halogens is 1. The molecule has 1 amide bonds. The van der Waals surface area contributed by atoms with Crippen molar-refractivity contribution in [3.63, 3.8) is 0 Å². The van der Waals surface area contributed by atoms with Crippen LogP contribution >= 0.6 is 27.7 Å². The lowest BCUT2D eigenvalue weighted by atomic mass is 10.2. The molecule has 1 N–H and O–H groups in total. The number of para-hydroxylation sites is 1. The third kappa shape index (κ3) is 3.86. The van der Waals surface area contributed by atoms with Gasteiger partial charge in [0, 0.05) is 28.1 Å². The van der Waals surface area contributed by atoms with Crippen LogP contribution in [0.2, 0.25) is 0 Å². The van der Waals surface area contributed by atoms with Gasteiger partial charge in [-0.25, -0.2) is 8.42 Å². The highest BCUT2D eigenvalue weighted by Gasteiger charge is 2.27. The number of amides is 1. The third-order valence-electron chi connectivity index (χ3n) is 3.80. The molecule has 0 saturated carbocycles. The quantitative estimate of drug-likeness (QED) is 0.779. The molecule has 0 bridgehead atoms. The Hall–Kier alpha value is -1.51. The van der Waals surface area contributed by atoms with Gasteiger partial charge in [-0.05, 0) is 46.3 Å². The molecule has 0 fully saturated rings. The zero-order chi connectivity index (χ0) is 18.2. The predicted octanol–water partition coefficient (Wildman–Crippen LogP) is 4.10. The molecule has 5 nitrogen and oxygen atoms in total. The third-order valence-corrected chi connectivity index (χ3v) is 7.00. The minimum absolute atomic E-state index is 0.0956. The molecule has 3 rings (SSSR count). The van der Waals surface area contributed by atoms with E-state index in [2.05, 4.69) is 20.7 Å². The van der Waals surface area contributed by atoms with Crippen molar-refractivity contribution < 1.29 is 13.2 Å². The van der Waals surface area contributed by atoms with E-state index in [9.17, 15) is 13.2 Å². The minimum atomic E-state index is -3.76. The lowest BCUT2D eigenvalue weighted by Crippen LogP contribution is -2.37. The van der Waals surface area contributed by atoms with E-state index < -0.39 is 10.0 Å². The molecule has 132 valence electrons. The largest absolute Gasteiger partial charge is 0.310 e. The number of benzene rings is 2. The van der Waals surface area contributed by atoms with Gasteiger partial charge >= 0.3 is 0 Å². The number of carbonyl (C=O) groups is 1. The van der Waals surface area contributed by atoms with Crippen LogP contribution in [0.25, 0.3) is 0 Å². The highest BCUT2D eigenvalue weighted by atomic mass is 79.9. The van der Waals surface area contributed by atoms with Crippen LogP contribution in [-0.4, -0.2) is 26.1 Å². The number of thioether (sulfide) groups is 1. The summed E-state index contributed by atoms with van der Waals surface area (Å²) >= 11 is 4.98. The van der Waals surface area contributed by atoms with E-state index in [1.165, 1.54) is 6.92 Å². The summed E-state index contributed by atoms with van der Waals surface area (Å²) in [5.74, 6) is -0.0956. The average Bonchev–Trinajstić information content (AvgIpc) is 2.55. The van der Waals surface area contributed by atoms with Crippen molar-refractivity contribution in [1.29, 1.82) is 0 Å². The number of rotatable bonds is 3. The first-order valence-corrected chi connectivity index (χ1v) is 10.8. The molecule has 0 radical (unpaired) electrons. The first kappa shape index (κ1) is 18.3. The highest BCUT2D eigenvalue weighted by molar-refractivity contribution is 9.10. The average molecular weight is 441 g/mol. The van der Waals surface area contributed by atoms with Gasteiger partial charge in [0.05, 0.1) is 16.3 Å². The van der Waals surface area contributed by atoms with Crippen LogP contribution in [0.1, 0.15) is 13.8 Å². The zero-order valence-corrected chi connectivity index (χ0v) is 16.9. The smallest absolute Gasteiger partial charge is 0.262 e. The molecule has 0 saturated heterocycles. The summed E-state index contributed by atoms with van der Waals surface area (Å²) < 4.78 is 28.7. The van der Waals surface area contributed by atoms with E-state index in [1.807, 2.05) is 13.0 Å². The first-order chi connectivity index (χ1) is 11.8. The number of nitrogens with one attached hydrogen (secondary N) is 1. The van der Waals surface area contributed by atoms with E-state index in [4.69, 9.17) is 0 Å². The number of anilines is 2. The van der Waals surface area contributed by atoms with E-state index in [1.54, 1.807) is 53.1 Å². The number of nitrogens with zero attached hydrogens (tertiary/aromatic N) is 1. The normalized spacial score (nSPS) is 17.1. The second kappa shape index (κ2) is 7.01. The van der Waals surface area contributed by atoms with Crippen molar-refractivity contribution in [2.75, 3.05) is 16.2 Å². The number of hydrogen-bond donors (Lipinski definition) is 1. The molecule has 8 heteroatoms. The van der Waals surface area contributed by atoms with Crippen molar-refractivity contribution in [2.45, 2.75) is 28.9 Å². The molecular formula is C17H17BrN2O3S2. The molecular weight excluding hydrogens is 424 g/mol. The van der Waals surface area contributed by atoms with E-state index in [0.717, 1.165) is 4.90 Å². The summed E-state index contributed by atoms with van der Waals surface area (Å²) in [5.41, 5.74) is 1.11. The van der Waals surface area contributed by atoms with Crippen LogP contribution in [0.15, 0.2) is 56.7 Å². The van der Waals surface area contributed by atoms with Crippen LogP contribution < -0.4 is 9.62 Å². The molecule has 0 aliphatic carbocycles. The van der Waals surface area contributed by atoms with Gasteiger partial charge in [-0.2, -0.15) is 0 Å². The second-order valence-electron chi connectivity index (χ2n) is 5.77. The van der Waals surface area contributed by atoms with Crippen LogP contribution in [0.4, 0.5) is 11.4 Å². The topological polar surface area (TPSA) is 66.5 Å². The SMILES string of the molecule is CC(=O)N1C[C@@H](C)Sc2ccc(S(=O)(=O)Nc3ccccc3Br)cc21. The lowest BCUT2D eigenvalue weighted by Gasteiger charge is -2.32. The summed E-state index contributed by atoms with van der Waals surface area (Å²) in [4.78, 5) is 14.6. The fourth-order valence-electron chi connectivity index (χ4n) is 2.63. The van der Waals surface area contributed by atoms with Gasteiger partial charge in [0.15, 0.2) is 0 Å². The molecule has 2 aromatic carbocycles. The maximum Gasteiger partial charge on any atom is 0.262 e. The monoisotopic (exact) mass is 440 g/mol. The van der Waals surface area contributed by atoms with Gasteiger partial charge in [0.1, 0.15) is 0 Å². The van der Waals surface area contributed by atoms with Gasteiger partial charge in [-0.1, -0.05) is 19.1 Å². The Balaban J connectivity index is 2.00. The maximum absolute atomic E-state index is 12.7. The number of fused-ring (bicyclic) bond motifs is 1. The molecule has 25 heavy (non-hydrogen) atoms. The lowest BCUT2D eigenvalue weighted by molar-refractivity contribution is -0.116. The number of hydrogen-bond acceptors (Lipinski definition) is 4. The number of carbonyl (C=O) groups excluding carboxylic acids is 1. The van der Waals surface area contributed by atoms with Gasteiger partial charge in [0.2, 0.25) is 5.91 Å². The van der Waals surface area contributed by atoms with Crippen molar-refractivity contribution in [3.8, 4) is 0 Å². The van der Waals surface area contributed by atoms with Gasteiger partial charge < -0.3 is 4.90 Å². The van der Waals surface area contributed by atoms with Crippen LogP contribution in [0.5, 0.6) is 0 Å². The molecule has 0 aromatic heterocycles. The Morgan fingerprint density at radius 2 is 2.00 bits per heavy atom. The van der Waals surface area contributed by atoms with E-state index >= 15 is 0 Å². The second-order valence-corrected chi connectivity index (χ2v) is 9.79. The van der Waals surface area contributed by atoms with Gasteiger partial charge in [-0.3, -0.25) is 9.52 Å². The maximum atomic E-state index is 12.7. The number of sulfonamides is 1. The summed E-state index contributed by atoms with van der Waals surface area (Å²) in [6.07, 6.45) is 0. The summed E-state index contributed by atoms with van der Waals surface area (Å²) in [5, 5.41) is 0.261. The summed E-state index contributed by atoms with van der Waals surface area (Å²) in [6.45, 7) is 4.10. The molecule has 1 atom stereocenters. The zero-order valence-electron chi connectivity index (χ0n) is 13.7. The fraction of sp³-hybridized carbons (Fsp3) is 0.235. The molecule has 0 spiro atoms. The van der Waals surface area contributed by atoms with Crippen molar-refractivity contribution in [2.24, 2.45) is 0 Å². The van der Waals surface area contributed by atoms with Crippen LogP contribution in [0, 0.1) is 0 Å².